The molecule has 2 aromatic carbocycles. The van der Waals surface area contributed by atoms with E-state index in [0.29, 0.717) is 17.9 Å². The molecule has 3 aromatic rings. The van der Waals surface area contributed by atoms with Crippen molar-refractivity contribution in [3.8, 4) is 16.9 Å². The van der Waals surface area contributed by atoms with Crippen LogP contribution in [0.15, 0.2) is 78.0 Å². The highest BCUT2D eigenvalue weighted by molar-refractivity contribution is 7.90. The van der Waals surface area contributed by atoms with Crippen LogP contribution in [-0.4, -0.2) is 54.6 Å². The molecule has 1 aliphatic rings. The molecule has 184 valence electrons. The van der Waals surface area contributed by atoms with Crippen molar-refractivity contribution >= 4 is 22.0 Å². The summed E-state index contributed by atoms with van der Waals surface area (Å²) in [5, 5.41) is 8.61. The maximum absolute atomic E-state index is 13.5. The Kier molecular flexibility index (Phi) is 8.02. The maximum atomic E-state index is 13.5. The zero-order valence-electron chi connectivity index (χ0n) is 19.3. The van der Waals surface area contributed by atoms with Gasteiger partial charge in [-0.25, -0.2) is 17.9 Å². The molecular formula is C26H29N3O5S. The molecule has 4 rings (SSSR count). The summed E-state index contributed by atoms with van der Waals surface area (Å²) in [6.07, 6.45) is 8.58. The van der Waals surface area contributed by atoms with E-state index in [9.17, 15) is 13.2 Å². The molecule has 1 saturated heterocycles. The molecule has 0 bridgehead atoms. The van der Waals surface area contributed by atoms with Crippen molar-refractivity contribution in [2.75, 3.05) is 26.2 Å². The average molecular weight is 496 g/mol. The van der Waals surface area contributed by atoms with Crippen molar-refractivity contribution in [3.05, 3.63) is 78.6 Å². The number of hydrogen-bond donors (Lipinski definition) is 2. The molecule has 0 spiro atoms. The summed E-state index contributed by atoms with van der Waals surface area (Å²) >= 11 is 0. The van der Waals surface area contributed by atoms with Crippen molar-refractivity contribution in [1.82, 2.24) is 14.4 Å². The second-order valence-electron chi connectivity index (χ2n) is 8.37. The number of hydrogen-bond acceptors (Lipinski definition) is 6. The molecule has 2 heterocycles. The van der Waals surface area contributed by atoms with Crippen molar-refractivity contribution < 1.29 is 23.2 Å². The number of carbonyl (C=O) groups excluding carboxylic acids is 1. The van der Waals surface area contributed by atoms with Gasteiger partial charge in [0.05, 0.1) is 6.61 Å². The van der Waals surface area contributed by atoms with E-state index in [1.807, 2.05) is 30.3 Å². The lowest BCUT2D eigenvalue weighted by Crippen LogP contribution is -2.22. The summed E-state index contributed by atoms with van der Waals surface area (Å²) in [6.45, 7) is 3.55. The Morgan fingerprint density at radius 3 is 2.57 bits per heavy atom. The van der Waals surface area contributed by atoms with Gasteiger partial charge in [0.2, 0.25) is 0 Å². The highest BCUT2D eigenvalue weighted by atomic mass is 32.2. The molecule has 1 aromatic heterocycles. The van der Waals surface area contributed by atoms with Gasteiger partial charge in [-0.15, -0.1) is 0 Å². The molecule has 1 aliphatic heterocycles. The molecule has 0 saturated carbocycles. The zero-order valence-corrected chi connectivity index (χ0v) is 20.2. The number of hydroxylamine groups is 1. The Balaban J connectivity index is 1.59. The molecular weight excluding hydrogens is 466 g/mol. The van der Waals surface area contributed by atoms with Crippen LogP contribution in [-0.2, 0) is 14.8 Å². The minimum atomic E-state index is -3.95. The Bertz CT molecular complexity index is 1280. The summed E-state index contributed by atoms with van der Waals surface area (Å²) in [5.41, 5.74) is 3.82. The molecule has 0 radical (unpaired) electrons. The smallest absolute Gasteiger partial charge is 0.271 e. The number of amides is 1. The first kappa shape index (κ1) is 24.7. The second-order valence-corrected chi connectivity index (χ2v) is 10.2. The summed E-state index contributed by atoms with van der Waals surface area (Å²) in [7, 11) is -3.95. The minimum Gasteiger partial charge on any atom is -0.492 e. The lowest BCUT2D eigenvalue weighted by atomic mass is 10.1. The van der Waals surface area contributed by atoms with Gasteiger partial charge < -0.3 is 9.64 Å². The maximum Gasteiger partial charge on any atom is 0.271 e. The van der Waals surface area contributed by atoms with Crippen LogP contribution in [0.5, 0.6) is 5.75 Å². The van der Waals surface area contributed by atoms with Gasteiger partial charge in [-0.2, -0.15) is 0 Å². The highest BCUT2D eigenvalue weighted by Crippen LogP contribution is 2.32. The van der Waals surface area contributed by atoms with Crippen LogP contribution in [0.1, 0.15) is 24.8 Å². The van der Waals surface area contributed by atoms with E-state index in [0.717, 1.165) is 47.2 Å². The van der Waals surface area contributed by atoms with Crippen LogP contribution >= 0.6 is 0 Å². The molecule has 9 heteroatoms. The van der Waals surface area contributed by atoms with Crippen LogP contribution in [0.3, 0.4) is 0 Å². The fourth-order valence-electron chi connectivity index (χ4n) is 4.08. The third kappa shape index (κ3) is 6.19. The first-order chi connectivity index (χ1) is 17.0. The fourth-order valence-corrected chi connectivity index (χ4v) is 5.40. The molecule has 0 unspecified atom stereocenters. The molecule has 2 N–H and O–H groups in total. The van der Waals surface area contributed by atoms with E-state index in [2.05, 4.69) is 4.90 Å². The van der Waals surface area contributed by atoms with E-state index in [1.165, 1.54) is 36.8 Å². The summed E-state index contributed by atoms with van der Waals surface area (Å²) in [5.74, 6) is -0.403. The predicted molar refractivity (Wildman–Crippen MR) is 134 cm³/mol. The number of benzene rings is 2. The van der Waals surface area contributed by atoms with Gasteiger partial charge in [0.25, 0.3) is 15.9 Å². The lowest BCUT2D eigenvalue weighted by molar-refractivity contribution is -0.124. The SMILES string of the molecule is O=C(/C=C/c1ccn(S(=O)(=O)c2ccc(-c3ccccc3)cc2OCCCN2CCCC2)c1)NO. The summed E-state index contributed by atoms with van der Waals surface area (Å²) in [6, 6.07) is 16.4. The van der Waals surface area contributed by atoms with Gasteiger partial charge in [-0.05, 0) is 73.3 Å². The number of aromatic nitrogens is 1. The van der Waals surface area contributed by atoms with Gasteiger partial charge in [-0.1, -0.05) is 36.4 Å². The third-order valence-electron chi connectivity index (χ3n) is 5.91. The van der Waals surface area contributed by atoms with Gasteiger partial charge in [-0.3, -0.25) is 10.0 Å². The van der Waals surface area contributed by atoms with E-state index < -0.39 is 15.9 Å². The van der Waals surface area contributed by atoms with Gasteiger partial charge in [0, 0.05) is 25.0 Å². The Hall–Kier alpha value is -3.40. The number of nitrogens with zero attached hydrogens (tertiary/aromatic N) is 2. The van der Waals surface area contributed by atoms with Crippen LogP contribution in [0, 0.1) is 0 Å². The molecule has 8 nitrogen and oxygen atoms in total. The van der Waals surface area contributed by atoms with Crippen LogP contribution < -0.4 is 10.2 Å². The van der Waals surface area contributed by atoms with Crippen LogP contribution in [0.25, 0.3) is 17.2 Å². The summed E-state index contributed by atoms with van der Waals surface area (Å²) < 4.78 is 34.1. The quantitative estimate of drug-likeness (QED) is 0.192. The third-order valence-corrected chi connectivity index (χ3v) is 7.58. The van der Waals surface area contributed by atoms with Crippen LogP contribution in [0.4, 0.5) is 0 Å². The monoisotopic (exact) mass is 495 g/mol. The Morgan fingerprint density at radius 1 is 1.06 bits per heavy atom. The van der Waals surface area contributed by atoms with Crippen molar-refractivity contribution in [1.29, 1.82) is 0 Å². The first-order valence-electron chi connectivity index (χ1n) is 11.6. The predicted octanol–water partition coefficient (Wildman–Crippen LogP) is 3.78. The first-order valence-corrected chi connectivity index (χ1v) is 13.0. The molecule has 1 fully saturated rings. The molecule has 1 amide bonds. The standard InChI is InChI=1S/C26H29N3O5S/c30-26(27-31)12-9-21-13-17-29(20-21)35(32,33)25-11-10-23(22-7-2-1-3-8-22)19-24(25)34-18-6-16-28-14-4-5-15-28/h1-3,7-13,17,19-20,31H,4-6,14-16,18H2,(H,27,30)/b12-9+. The molecule has 35 heavy (non-hydrogen) atoms. The van der Waals surface area contributed by atoms with Crippen molar-refractivity contribution in [2.24, 2.45) is 0 Å². The van der Waals surface area contributed by atoms with Crippen LogP contribution in [0.2, 0.25) is 0 Å². The lowest BCUT2D eigenvalue weighted by Gasteiger charge is -2.17. The normalized spacial score (nSPS) is 14.4. The number of carbonyl (C=O) groups is 1. The van der Waals surface area contributed by atoms with E-state index >= 15 is 0 Å². The largest absolute Gasteiger partial charge is 0.492 e. The number of likely N-dealkylation sites (tertiary alicyclic amines) is 1. The molecule has 0 aliphatic carbocycles. The van der Waals surface area contributed by atoms with Gasteiger partial charge in [0.1, 0.15) is 10.6 Å². The number of rotatable bonds is 10. The highest BCUT2D eigenvalue weighted by Gasteiger charge is 2.23. The topological polar surface area (TPSA) is 101 Å². The number of ether oxygens (including phenoxy) is 1. The van der Waals surface area contributed by atoms with Crippen molar-refractivity contribution in [2.45, 2.75) is 24.2 Å². The number of nitrogens with one attached hydrogen (secondary N) is 1. The zero-order chi connectivity index (χ0) is 24.7. The van der Waals surface area contributed by atoms with E-state index in [1.54, 1.807) is 24.3 Å². The summed E-state index contributed by atoms with van der Waals surface area (Å²) in [4.78, 5) is 13.7. The second kappa shape index (κ2) is 11.4. The van der Waals surface area contributed by atoms with E-state index in [4.69, 9.17) is 9.94 Å². The van der Waals surface area contributed by atoms with Crippen molar-refractivity contribution in [3.63, 3.8) is 0 Å². The average Bonchev–Trinajstić information content (AvgIpc) is 3.58. The van der Waals surface area contributed by atoms with Gasteiger partial charge in [0.15, 0.2) is 0 Å². The molecule has 0 atom stereocenters. The minimum absolute atomic E-state index is 0.0672. The van der Waals surface area contributed by atoms with E-state index in [-0.39, 0.29) is 4.90 Å². The Labute approximate surface area is 205 Å². The fraction of sp³-hybridized carbons (Fsp3) is 0.269. The Morgan fingerprint density at radius 2 is 1.83 bits per heavy atom. The van der Waals surface area contributed by atoms with Gasteiger partial charge >= 0.3 is 0 Å².